The lowest BCUT2D eigenvalue weighted by Crippen LogP contribution is -2.41. The van der Waals surface area contributed by atoms with Gasteiger partial charge in [0.05, 0.1) is 12.1 Å². The van der Waals surface area contributed by atoms with Gasteiger partial charge in [-0.15, -0.1) is 0 Å². The summed E-state index contributed by atoms with van der Waals surface area (Å²) >= 11 is 18.9. The van der Waals surface area contributed by atoms with Crippen molar-refractivity contribution in [1.82, 2.24) is 5.32 Å². The predicted molar refractivity (Wildman–Crippen MR) is 140 cm³/mol. The number of hydrogen-bond donors (Lipinski definition) is 1. The van der Waals surface area contributed by atoms with Crippen molar-refractivity contribution < 1.29 is 9.53 Å². The van der Waals surface area contributed by atoms with Crippen molar-refractivity contribution in [3.63, 3.8) is 0 Å². The average molecular weight is 528 g/mol. The van der Waals surface area contributed by atoms with E-state index in [2.05, 4.69) is 11.4 Å². The zero-order valence-electron chi connectivity index (χ0n) is 19.6. The van der Waals surface area contributed by atoms with Crippen LogP contribution in [0.3, 0.4) is 0 Å². The smallest absolute Gasteiger partial charge is 0.324 e. The van der Waals surface area contributed by atoms with E-state index >= 15 is 0 Å². The molecule has 3 aromatic rings. The van der Waals surface area contributed by atoms with Crippen LogP contribution in [-0.2, 0) is 14.9 Å². The minimum Gasteiger partial charge on any atom is -0.459 e. The van der Waals surface area contributed by atoms with Gasteiger partial charge in [-0.25, -0.2) is 0 Å². The highest BCUT2D eigenvalue weighted by Gasteiger charge is 2.60. The fourth-order valence-electron chi connectivity index (χ4n) is 4.89. The molecule has 0 saturated carbocycles. The summed E-state index contributed by atoms with van der Waals surface area (Å²) in [6.07, 6.45) is 0. The molecule has 7 heteroatoms. The summed E-state index contributed by atoms with van der Waals surface area (Å²) in [5.41, 5.74) is 0.343. The maximum Gasteiger partial charge on any atom is 0.324 e. The molecule has 180 valence electrons. The molecule has 0 amide bonds. The predicted octanol–water partition coefficient (Wildman–Crippen LogP) is 7.25. The van der Waals surface area contributed by atoms with Crippen LogP contribution in [0.25, 0.3) is 0 Å². The Morgan fingerprint density at radius 1 is 0.914 bits per heavy atom. The van der Waals surface area contributed by atoms with Gasteiger partial charge in [-0.3, -0.25) is 10.1 Å². The number of ether oxygens (including phenoxy) is 1. The van der Waals surface area contributed by atoms with Crippen LogP contribution in [0.1, 0.15) is 49.4 Å². The Morgan fingerprint density at radius 2 is 1.49 bits per heavy atom. The summed E-state index contributed by atoms with van der Waals surface area (Å²) in [6, 6.07) is 23.0. The fraction of sp³-hybridized carbons (Fsp3) is 0.286. The quantitative estimate of drug-likeness (QED) is 0.363. The lowest BCUT2D eigenvalue weighted by molar-refractivity contribution is -0.157. The second-order valence-corrected chi connectivity index (χ2v) is 11.0. The highest BCUT2D eigenvalue weighted by Crippen LogP contribution is 2.55. The second-order valence-electron chi connectivity index (χ2n) is 9.69. The van der Waals surface area contributed by atoms with Gasteiger partial charge < -0.3 is 4.74 Å². The van der Waals surface area contributed by atoms with Gasteiger partial charge in [0.25, 0.3) is 0 Å². The molecule has 1 N–H and O–H groups in total. The van der Waals surface area contributed by atoms with Crippen LogP contribution in [0.5, 0.6) is 0 Å². The number of benzene rings is 3. The van der Waals surface area contributed by atoms with Crippen LogP contribution in [0.15, 0.2) is 72.8 Å². The highest BCUT2D eigenvalue weighted by atomic mass is 35.5. The minimum atomic E-state index is -1.21. The zero-order valence-corrected chi connectivity index (χ0v) is 21.8. The van der Waals surface area contributed by atoms with E-state index in [0.717, 1.165) is 16.7 Å². The lowest BCUT2D eigenvalue weighted by Gasteiger charge is -2.35. The number of nitrogens with one attached hydrogen (secondary N) is 1. The van der Waals surface area contributed by atoms with Crippen molar-refractivity contribution in [2.75, 3.05) is 0 Å². The molecular weight excluding hydrogens is 503 g/mol. The van der Waals surface area contributed by atoms with E-state index in [4.69, 9.17) is 39.5 Å². The van der Waals surface area contributed by atoms with Gasteiger partial charge in [0.1, 0.15) is 17.1 Å². The summed E-state index contributed by atoms with van der Waals surface area (Å²) in [5, 5.41) is 16.0. The van der Waals surface area contributed by atoms with Gasteiger partial charge in [-0.1, -0.05) is 71.2 Å². The molecule has 4 atom stereocenters. The molecule has 1 saturated heterocycles. The van der Waals surface area contributed by atoms with Crippen molar-refractivity contribution in [3.05, 3.63) is 105 Å². The average Bonchev–Trinajstić information content (AvgIpc) is 3.15. The normalized spacial score (nSPS) is 24.1. The molecule has 1 aliphatic heterocycles. The Kier molecular flexibility index (Phi) is 7.18. The number of halogens is 3. The third kappa shape index (κ3) is 5.06. The molecule has 3 aromatic carbocycles. The van der Waals surface area contributed by atoms with Gasteiger partial charge in [-0.05, 0) is 73.9 Å². The molecule has 1 aliphatic rings. The van der Waals surface area contributed by atoms with E-state index < -0.39 is 35.0 Å². The molecule has 0 spiro atoms. The maximum absolute atomic E-state index is 13.6. The highest BCUT2D eigenvalue weighted by molar-refractivity contribution is 6.31. The number of nitrogens with zero attached hydrogens (tertiary/aromatic N) is 1. The SMILES string of the molecule is CC(C)(C)OC(=O)[C@@H]1N[C@@H](c2cccc(Cl)c2)[C@](C#N)(c2ccc(Cl)cc2)[C@H]1c1cccc(Cl)c1. The summed E-state index contributed by atoms with van der Waals surface area (Å²) < 4.78 is 5.81. The van der Waals surface area contributed by atoms with Crippen molar-refractivity contribution in [3.8, 4) is 6.07 Å². The number of rotatable bonds is 4. The van der Waals surface area contributed by atoms with E-state index in [9.17, 15) is 10.1 Å². The van der Waals surface area contributed by atoms with E-state index in [1.807, 2.05) is 63.2 Å². The van der Waals surface area contributed by atoms with Gasteiger partial charge >= 0.3 is 5.97 Å². The molecule has 1 fully saturated rings. The topological polar surface area (TPSA) is 62.1 Å². The number of carbonyl (C=O) groups excluding carboxylic acids is 1. The molecule has 0 radical (unpaired) electrons. The van der Waals surface area contributed by atoms with Gasteiger partial charge in [0.2, 0.25) is 0 Å². The van der Waals surface area contributed by atoms with Crippen LogP contribution < -0.4 is 5.32 Å². The van der Waals surface area contributed by atoms with E-state index in [1.165, 1.54) is 0 Å². The first-order valence-corrected chi connectivity index (χ1v) is 12.4. The molecule has 4 rings (SSSR count). The molecule has 0 aliphatic carbocycles. The third-order valence-corrected chi connectivity index (χ3v) is 6.91. The van der Waals surface area contributed by atoms with Crippen molar-refractivity contribution in [1.29, 1.82) is 5.26 Å². The Labute approximate surface area is 220 Å². The first kappa shape index (κ1) is 25.5. The van der Waals surface area contributed by atoms with E-state index in [0.29, 0.717) is 15.1 Å². The molecule has 0 bridgehead atoms. The Morgan fingerprint density at radius 3 is 2.03 bits per heavy atom. The molecule has 0 aromatic heterocycles. The summed E-state index contributed by atoms with van der Waals surface area (Å²) in [6.45, 7) is 5.46. The van der Waals surface area contributed by atoms with Crippen LogP contribution in [-0.4, -0.2) is 17.6 Å². The number of esters is 1. The summed E-state index contributed by atoms with van der Waals surface area (Å²) in [5.74, 6) is -1.06. The molecule has 4 nitrogen and oxygen atoms in total. The monoisotopic (exact) mass is 526 g/mol. The lowest BCUT2D eigenvalue weighted by atomic mass is 9.64. The van der Waals surface area contributed by atoms with E-state index in [1.54, 1.807) is 30.3 Å². The second kappa shape index (κ2) is 9.84. The summed E-state index contributed by atoms with van der Waals surface area (Å²) in [7, 11) is 0. The zero-order chi connectivity index (χ0) is 25.4. The minimum absolute atomic E-state index is 0.444. The standard InChI is InChI=1S/C28H25Cl3N2O2/c1-27(2,3)35-26(34)24-23(17-6-4-8-21(30)14-17)28(16-32,19-10-12-20(29)13-11-19)25(33-24)18-7-5-9-22(31)15-18/h4-15,23-25,33H,1-3H3/t23-,24+,25-,28+/m0/s1. The maximum atomic E-state index is 13.6. The fourth-order valence-corrected chi connectivity index (χ4v) is 5.41. The van der Waals surface area contributed by atoms with Crippen LogP contribution in [0.2, 0.25) is 15.1 Å². The van der Waals surface area contributed by atoms with Gasteiger partial charge in [0, 0.05) is 21.0 Å². The number of nitriles is 1. The molecule has 0 unspecified atom stereocenters. The molecule has 35 heavy (non-hydrogen) atoms. The Hall–Kier alpha value is -2.55. The van der Waals surface area contributed by atoms with Crippen molar-refractivity contribution >= 4 is 40.8 Å². The van der Waals surface area contributed by atoms with Crippen molar-refractivity contribution in [2.24, 2.45) is 0 Å². The number of carbonyl (C=O) groups is 1. The van der Waals surface area contributed by atoms with Crippen molar-refractivity contribution in [2.45, 2.75) is 49.8 Å². The Balaban J connectivity index is 2.00. The van der Waals surface area contributed by atoms with Gasteiger partial charge in [0.15, 0.2) is 0 Å². The molecular formula is C28H25Cl3N2O2. The number of hydrogen-bond acceptors (Lipinski definition) is 4. The molecule has 1 heterocycles. The van der Waals surface area contributed by atoms with Gasteiger partial charge in [-0.2, -0.15) is 5.26 Å². The third-order valence-electron chi connectivity index (χ3n) is 6.18. The Bertz CT molecular complexity index is 1280. The largest absolute Gasteiger partial charge is 0.459 e. The van der Waals surface area contributed by atoms with Crippen LogP contribution in [0.4, 0.5) is 0 Å². The first-order chi connectivity index (χ1) is 16.5. The van der Waals surface area contributed by atoms with E-state index in [-0.39, 0.29) is 0 Å². The van der Waals surface area contributed by atoms with Crippen LogP contribution in [0, 0.1) is 11.3 Å². The first-order valence-electron chi connectivity index (χ1n) is 11.2. The van der Waals surface area contributed by atoms with Crippen LogP contribution >= 0.6 is 34.8 Å². The summed E-state index contributed by atoms with van der Waals surface area (Å²) in [4.78, 5) is 13.6.